The Kier molecular flexibility index (Phi) is 8.11. The highest BCUT2D eigenvalue weighted by molar-refractivity contribution is 7.99. The number of aryl methyl sites for hydroxylation is 1. The van der Waals surface area contributed by atoms with Crippen LogP contribution in [0.5, 0.6) is 0 Å². The second kappa shape index (κ2) is 11.0. The predicted molar refractivity (Wildman–Crippen MR) is 124 cm³/mol. The standard InChI is InChI=1S/C24H29N3O2S/c1-3-16-30-22-7-5-4-6-21(22)25-23(28)18-26-12-14-27(15-13-26)24(29)17-20-10-8-19(2)9-11-20/h3-11H,1,12-18H2,2H3,(H,25,28). The van der Waals surface area contributed by atoms with Crippen LogP contribution in [0.25, 0.3) is 0 Å². The third-order valence-electron chi connectivity index (χ3n) is 5.09. The topological polar surface area (TPSA) is 52.7 Å². The van der Waals surface area contributed by atoms with Crippen LogP contribution in [0.15, 0.2) is 66.1 Å². The first kappa shape index (κ1) is 22.1. The molecule has 0 unspecified atom stereocenters. The van der Waals surface area contributed by atoms with Crippen molar-refractivity contribution >= 4 is 29.3 Å². The molecule has 0 saturated carbocycles. The maximum absolute atomic E-state index is 12.6. The van der Waals surface area contributed by atoms with Crippen LogP contribution in [0, 0.1) is 6.92 Å². The first-order valence-corrected chi connectivity index (χ1v) is 11.2. The third kappa shape index (κ3) is 6.47. The Bertz CT molecular complexity index is 874. The molecule has 158 valence electrons. The Morgan fingerprint density at radius 3 is 2.47 bits per heavy atom. The molecule has 0 atom stereocenters. The quantitative estimate of drug-likeness (QED) is 0.521. The van der Waals surface area contributed by atoms with Crippen LogP contribution in [0.4, 0.5) is 5.69 Å². The van der Waals surface area contributed by atoms with Gasteiger partial charge in [0.2, 0.25) is 11.8 Å². The predicted octanol–water partition coefficient (Wildman–Crippen LogP) is 3.60. The molecular weight excluding hydrogens is 394 g/mol. The number of anilines is 1. The van der Waals surface area contributed by atoms with E-state index >= 15 is 0 Å². The molecule has 2 aromatic carbocycles. The van der Waals surface area contributed by atoms with E-state index in [1.807, 2.05) is 66.4 Å². The van der Waals surface area contributed by atoms with E-state index in [2.05, 4.69) is 16.8 Å². The number of benzene rings is 2. The van der Waals surface area contributed by atoms with E-state index in [4.69, 9.17) is 0 Å². The highest BCUT2D eigenvalue weighted by Crippen LogP contribution is 2.26. The molecule has 3 rings (SSSR count). The van der Waals surface area contributed by atoms with Crippen LogP contribution in [0.2, 0.25) is 0 Å². The van der Waals surface area contributed by atoms with Crippen LogP contribution in [-0.2, 0) is 16.0 Å². The smallest absolute Gasteiger partial charge is 0.238 e. The number of thioether (sulfide) groups is 1. The molecule has 0 radical (unpaired) electrons. The van der Waals surface area contributed by atoms with Gasteiger partial charge < -0.3 is 10.2 Å². The molecule has 0 bridgehead atoms. The highest BCUT2D eigenvalue weighted by atomic mass is 32.2. The molecule has 1 aliphatic heterocycles. The SMILES string of the molecule is C=CCSc1ccccc1NC(=O)CN1CCN(C(=O)Cc2ccc(C)cc2)CC1. The number of hydrogen-bond acceptors (Lipinski definition) is 4. The van der Waals surface area contributed by atoms with Crippen molar-refractivity contribution in [1.29, 1.82) is 0 Å². The van der Waals surface area contributed by atoms with Gasteiger partial charge in [0.15, 0.2) is 0 Å². The molecule has 6 heteroatoms. The number of nitrogens with zero attached hydrogens (tertiary/aromatic N) is 2. The Balaban J connectivity index is 1.45. The van der Waals surface area contributed by atoms with Gasteiger partial charge in [-0.25, -0.2) is 0 Å². The van der Waals surface area contributed by atoms with E-state index in [1.54, 1.807) is 11.8 Å². The molecule has 1 fully saturated rings. The van der Waals surface area contributed by atoms with Gasteiger partial charge in [-0.15, -0.1) is 18.3 Å². The van der Waals surface area contributed by atoms with Gasteiger partial charge in [0.1, 0.15) is 0 Å². The summed E-state index contributed by atoms with van der Waals surface area (Å²) in [5.74, 6) is 0.920. The van der Waals surface area contributed by atoms with Crippen molar-refractivity contribution in [3.05, 3.63) is 72.3 Å². The van der Waals surface area contributed by atoms with Gasteiger partial charge in [0.05, 0.1) is 18.7 Å². The molecule has 1 N–H and O–H groups in total. The van der Waals surface area contributed by atoms with Crippen LogP contribution >= 0.6 is 11.8 Å². The van der Waals surface area contributed by atoms with Crippen LogP contribution in [-0.4, -0.2) is 60.1 Å². The summed E-state index contributed by atoms with van der Waals surface area (Å²) in [4.78, 5) is 30.1. The Morgan fingerprint density at radius 2 is 1.77 bits per heavy atom. The molecule has 5 nitrogen and oxygen atoms in total. The number of piperazine rings is 1. The van der Waals surface area contributed by atoms with Crippen molar-refractivity contribution < 1.29 is 9.59 Å². The summed E-state index contributed by atoms with van der Waals surface area (Å²) in [7, 11) is 0. The van der Waals surface area contributed by atoms with E-state index in [-0.39, 0.29) is 11.8 Å². The zero-order valence-electron chi connectivity index (χ0n) is 17.5. The zero-order chi connectivity index (χ0) is 21.3. The molecule has 0 aliphatic carbocycles. The van der Waals surface area contributed by atoms with E-state index < -0.39 is 0 Å². The first-order chi connectivity index (χ1) is 14.5. The summed E-state index contributed by atoms with van der Waals surface area (Å²) in [5.41, 5.74) is 3.07. The molecule has 1 aliphatic rings. The van der Waals surface area contributed by atoms with Crippen molar-refractivity contribution in [1.82, 2.24) is 9.80 Å². The van der Waals surface area contributed by atoms with Crippen molar-refractivity contribution in [2.75, 3.05) is 43.8 Å². The summed E-state index contributed by atoms with van der Waals surface area (Å²) < 4.78 is 0. The fourth-order valence-electron chi connectivity index (χ4n) is 3.39. The lowest BCUT2D eigenvalue weighted by Gasteiger charge is -2.34. The van der Waals surface area contributed by atoms with Gasteiger partial charge in [0.25, 0.3) is 0 Å². The lowest BCUT2D eigenvalue weighted by molar-refractivity contribution is -0.132. The molecule has 1 heterocycles. The molecule has 1 saturated heterocycles. The lowest BCUT2D eigenvalue weighted by atomic mass is 10.1. The molecule has 2 aromatic rings. The Hall–Kier alpha value is -2.57. The minimum atomic E-state index is -0.0268. The number of rotatable bonds is 8. The van der Waals surface area contributed by atoms with Crippen molar-refractivity contribution in [2.24, 2.45) is 0 Å². The van der Waals surface area contributed by atoms with E-state index in [0.717, 1.165) is 21.9 Å². The number of carbonyl (C=O) groups excluding carboxylic acids is 2. The molecule has 0 aromatic heterocycles. The van der Waals surface area contributed by atoms with Gasteiger partial charge in [-0.1, -0.05) is 48.0 Å². The van der Waals surface area contributed by atoms with E-state index in [9.17, 15) is 9.59 Å². The van der Waals surface area contributed by atoms with Crippen LogP contribution < -0.4 is 5.32 Å². The number of para-hydroxylation sites is 1. The average Bonchev–Trinajstić information content (AvgIpc) is 2.75. The normalized spacial score (nSPS) is 14.4. The summed E-state index contributed by atoms with van der Waals surface area (Å²) in [5, 5.41) is 3.02. The number of carbonyl (C=O) groups is 2. The number of amides is 2. The lowest BCUT2D eigenvalue weighted by Crippen LogP contribution is -2.50. The van der Waals surface area contributed by atoms with E-state index in [0.29, 0.717) is 39.1 Å². The Labute approximate surface area is 183 Å². The van der Waals surface area contributed by atoms with Gasteiger partial charge in [-0.2, -0.15) is 0 Å². The van der Waals surface area contributed by atoms with Crippen molar-refractivity contribution in [3.8, 4) is 0 Å². The first-order valence-electron chi connectivity index (χ1n) is 10.2. The fraction of sp³-hybridized carbons (Fsp3) is 0.333. The number of nitrogens with one attached hydrogen (secondary N) is 1. The zero-order valence-corrected chi connectivity index (χ0v) is 18.3. The second-order valence-corrected chi connectivity index (χ2v) is 8.53. The maximum Gasteiger partial charge on any atom is 0.238 e. The molecular formula is C24H29N3O2S. The van der Waals surface area contributed by atoms with Crippen molar-refractivity contribution in [2.45, 2.75) is 18.2 Å². The second-order valence-electron chi connectivity index (χ2n) is 7.46. The fourth-order valence-corrected chi connectivity index (χ4v) is 4.13. The largest absolute Gasteiger partial charge is 0.340 e. The summed E-state index contributed by atoms with van der Waals surface area (Å²) in [6.07, 6.45) is 2.28. The maximum atomic E-state index is 12.6. The molecule has 30 heavy (non-hydrogen) atoms. The average molecular weight is 424 g/mol. The molecule has 2 amide bonds. The van der Waals surface area contributed by atoms with Gasteiger partial charge >= 0.3 is 0 Å². The van der Waals surface area contributed by atoms with Crippen LogP contribution in [0.3, 0.4) is 0 Å². The van der Waals surface area contributed by atoms with Crippen LogP contribution in [0.1, 0.15) is 11.1 Å². The molecule has 0 spiro atoms. The van der Waals surface area contributed by atoms with Gasteiger partial charge in [-0.05, 0) is 24.6 Å². The van der Waals surface area contributed by atoms with Gasteiger partial charge in [0, 0.05) is 36.8 Å². The number of hydrogen-bond donors (Lipinski definition) is 1. The summed E-state index contributed by atoms with van der Waals surface area (Å²) >= 11 is 1.65. The summed E-state index contributed by atoms with van der Waals surface area (Å²) in [6.45, 7) is 8.85. The minimum Gasteiger partial charge on any atom is -0.340 e. The Morgan fingerprint density at radius 1 is 1.07 bits per heavy atom. The third-order valence-corrected chi connectivity index (χ3v) is 6.16. The highest BCUT2D eigenvalue weighted by Gasteiger charge is 2.22. The van der Waals surface area contributed by atoms with Gasteiger partial charge in [-0.3, -0.25) is 14.5 Å². The monoisotopic (exact) mass is 423 g/mol. The van der Waals surface area contributed by atoms with Crippen molar-refractivity contribution in [3.63, 3.8) is 0 Å². The van der Waals surface area contributed by atoms with E-state index in [1.165, 1.54) is 5.56 Å². The summed E-state index contributed by atoms with van der Waals surface area (Å²) in [6, 6.07) is 15.9. The minimum absolute atomic E-state index is 0.0268.